The van der Waals surface area contributed by atoms with Crippen molar-refractivity contribution in [3.05, 3.63) is 63.0 Å². The molecule has 3 aromatic rings. The van der Waals surface area contributed by atoms with Crippen LogP contribution in [-0.2, 0) is 11.2 Å². The van der Waals surface area contributed by atoms with Crippen LogP contribution in [0.4, 0.5) is 0 Å². The van der Waals surface area contributed by atoms with Gasteiger partial charge in [-0.25, -0.2) is 0 Å². The van der Waals surface area contributed by atoms with Crippen LogP contribution < -0.4 is 5.73 Å². The first kappa shape index (κ1) is 20.4. The van der Waals surface area contributed by atoms with Gasteiger partial charge in [0.2, 0.25) is 0 Å². The van der Waals surface area contributed by atoms with Crippen LogP contribution in [0.3, 0.4) is 0 Å². The molecule has 1 aliphatic heterocycles. The number of aromatic nitrogens is 3. The van der Waals surface area contributed by atoms with Crippen LogP contribution in [0.5, 0.6) is 0 Å². The van der Waals surface area contributed by atoms with Gasteiger partial charge in [-0.3, -0.25) is 14.4 Å². The van der Waals surface area contributed by atoms with Crippen LogP contribution >= 0.6 is 11.3 Å². The van der Waals surface area contributed by atoms with E-state index in [0.717, 1.165) is 46.1 Å². The van der Waals surface area contributed by atoms with E-state index in [0.29, 0.717) is 12.4 Å². The molecule has 0 unspecified atom stereocenters. The number of carboxylic acids is 1. The van der Waals surface area contributed by atoms with Crippen molar-refractivity contribution in [3.8, 4) is 5.00 Å². The molecule has 8 heteroatoms. The van der Waals surface area contributed by atoms with Crippen LogP contribution in [0.15, 0.2) is 29.3 Å². The van der Waals surface area contributed by atoms with Gasteiger partial charge in [0.25, 0.3) is 0 Å². The highest BCUT2D eigenvalue weighted by atomic mass is 32.1. The summed E-state index contributed by atoms with van der Waals surface area (Å²) in [7, 11) is 0. The molecule has 0 bridgehead atoms. The van der Waals surface area contributed by atoms with E-state index in [1.807, 2.05) is 11.5 Å². The molecule has 0 saturated heterocycles. The number of hydrogen-bond donors (Lipinski definition) is 2. The summed E-state index contributed by atoms with van der Waals surface area (Å²) in [6, 6.07) is 7.74. The third kappa shape index (κ3) is 3.57. The summed E-state index contributed by atoms with van der Waals surface area (Å²) in [5.74, 6) is 0.397. The third-order valence-corrected chi connectivity index (χ3v) is 6.70. The minimum atomic E-state index is -0.911. The highest BCUT2D eigenvalue weighted by molar-refractivity contribution is 7.15. The largest absolute Gasteiger partial charge is 0.481 e. The standard InChI is InChI=1S/C22H25N5O2S/c1-12-13(2)30-22-19(12)20(16-8-6-15(7-9-16)5-4-10-23)24-17(11-18(28)29)21-26-25-14(3)27(21)22/h6-9,17H,4-5,10-11,23H2,1-3H3,(H,28,29)/t17-/m0/s1. The Kier molecular flexibility index (Phi) is 5.53. The molecule has 1 atom stereocenters. The minimum absolute atomic E-state index is 0.136. The monoisotopic (exact) mass is 423 g/mol. The molecule has 3 heterocycles. The Bertz CT molecular complexity index is 1130. The second-order valence-electron chi connectivity index (χ2n) is 7.58. The first-order valence-electron chi connectivity index (χ1n) is 10.0. The lowest BCUT2D eigenvalue weighted by Gasteiger charge is -2.11. The van der Waals surface area contributed by atoms with Crippen molar-refractivity contribution in [3.63, 3.8) is 0 Å². The summed E-state index contributed by atoms with van der Waals surface area (Å²) >= 11 is 1.67. The lowest BCUT2D eigenvalue weighted by Crippen LogP contribution is -2.10. The van der Waals surface area contributed by atoms with E-state index in [-0.39, 0.29) is 6.42 Å². The topological polar surface area (TPSA) is 106 Å². The zero-order valence-electron chi connectivity index (χ0n) is 17.3. The van der Waals surface area contributed by atoms with Crippen molar-refractivity contribution in [1.82, 2.24) is 14.8 Å². The van der Waals surface area contributed by atoms with Crippen LogP contribution in [0, 0.1) is 20.8 Å². The highest BCUT2D eigenvalue weighted by Crippen LogP contribution is 2.39. The molecule has 3 N–H and O–H groups in total. The van der Waals surface area contributed by atoms with Gasteiger partial charge in [0.1, 0.15) is 16.9 Å². The van der Waals surface area contributed by atoms with Crippen molar-refractivity contribution in [2.45, 2.75) is 46.1 Å². The number of thiophene rings is 1. The number of aliphatic imine (C=N–C) groups is 1. The molecule has 0 amide bonds. The summed E-state index contributed by atoms with van der Waals surface area (Å²) < 4.78 is 1.97. The molecule has 0 spiro atoms. The molecule has 4 rings (SSSR count). The lowest BCUT2D eigenvalue weighted by atomic mass is 9.98. The second-order valence-corrected chi connectivity index (χ2v) is 8.79. The maximum absolute atomic E-state index is 11.6. The molecule has 0 radical (unpaired) electrons. The maximum atomic E-state index is 11.6. The average molecular weight is 424 g/mol. The van der Waals surface area contributed by atoms with Crippen molar-refractivity contribution < 1.29 is 9.90 Å². The number of nitrogens with two attached hydrogens (primary N) is 1. The number of benzene rings is 1. The van der Waals surface area contributed by atoms with Gasteiger partial charge >= 0.3 is 5.97 Å². The van der Waals surface area contributed by atoms with E-state index in [9.17, 15) is 9.90 Å². The molecule has 7 nitrogen and oxygen atoms in total. The van der Waals surface area contributed by atoms with Crippen molar-refractivity contribution in [2.75, 3.05) is 6.54 Å². The average Bonchev–Trinajstić information content (AvgIpc) is 3.19. The lowest BCUT2D eigenvalue weighted by molar-refractivity contribution is -0.137. The summed E-state index contributed by atoms with van der Waals surface area (Å²) in [5.41, 5.74) is 10.8. The van der Waals surface area contributed by atoms with Crippen LogP contribution in [-0.4, -0.2) is 38.1 Å². The Balaban J connectivity index is 1.90. The fourth-order valence-electron chi connectivity index (χ4n) is 3.83. The molecule has 30 heavy (non-hydrogen) atoms. The Morgan fingerprint density at radius 2 is 1.93 bits per heavy atom. The highest BCUT2D eigenvalue weighted by Gasteiger charge is 2.32. The molecular formula is C22H25N5O2S. The number of fused-ring (bicyclic) bond motifs is 3. The fraction of sp³-hybridized carbons (Fsp3) is 0.364. The van der Waals surface area contributed by atoms with Gasteiger partial charge in [-0.05, 0) is 51.3 Å². The van der Waals surface area contributed by atoms with Gasteiger partial charge in [0.05, 0.1) is 12.1 Å². The van der Waals surface area contributed by atoms with Crippen LogP contribution in [0.25, 0.3) is 5.00 Å². The Morgan fingerprint density at radius 1 is 1.20 bits per heavy atom. The van der Waals surface area contributed by atoms with Crippen LogP contribution in [0.2, 0.25) is 0 Å². The number of carboxylic acid groups (broad SMARTS) is 1. The summed E-state index contributed by atoms with van der Waals surface area (Å²) in [5, 5.41) is 19.0. The predicted molar refractivity (Wildman–Crippen MR) is 118 cm³/mol. The number of aliphatic carboxylic acids is 1. The Morgan fingerprint density at radius 3 is 2.60 bits per heavy atom. The number of carbonyl (C=O) groups is 1. The minimum Gasteiger partial charge on any atom is -0.481 e. The number of hydrogen-bond acceptors (Lipinski definition) is 6. The molecule has 0 saturated carbocycles. The van der Waals surface area contributed by atoms with Crippen molar-refractivity contribution >= 4 is 23.0 Å². The summed E-state index contributed by atoms with van der Waals surface area (Å²) in [6.07, 6.45) is 1.75. The van der Waals surface area contributed by atoms with E-state index in [4.69, 9.17) is 10.7 Å². The molecule has 1 aromatic carbocycles. The van der Waals surface area contributed by atoms with Gasteiger partial charge in [-0.2, -0.15) is 0 Å². The second kappa shape index (κ2) is 8.12. The number of aryl methyl sites for hydroxylation is 3. The van der Waals surface area contributed by atoms with Crippen LogP contribution in [0.1, 0.15) is 57.7 Å². The predicted octanol–water partition coefficient (Wildman–Crippen LogP) is 3.51. The molecular weight excluding hydrogens is 398 g/mol. The zero-order chi connectivity index (χ0) is 21.4. The normalized spacial score (nSPS) is 15.3. The van der Waals surface area contributed by atoms with Gasteiger partial charge < -0.3 is 10.8 Å². The summed E-state index contributed by atoms with van der Waals surface area (Å²) in [6.45, 7) is 6.74. The van der Waals surface area contributed by atoms with E-state index in [1.54, 1.807) is 11.3 Å². The van der Waals surface area contributed by atoms with Gasteiger partial charge in [0, 0.05) is 16.0 Å². The van der Waals surface area contributed by atoms with E-state index >= 15 is 0 Å². The van der Waals surface area contributed by atoms with Gasteiger partial charge in [0.15, 0.2) is 5.82 Å². The van der Waals surface area contributed by atoms with E-state index < -0.39 is 12.0 Å². The quantitative estimate of drug-likeness (QED) is 0.631. The first-order valence-corrected chi connectivity index (χ1v) is 10.8. The van der Waals surface area contributed by atoms with E-state index in [1.165, 1.54) is 10.4 Å². The molecule has 0 aliphatic carbocycles. The third-order valence-electron chi connectivity index (χ3n) is 5.50. The van der Waals surface area contributed by atoms with Crippen molar-refractivity contribution in [2.24, 2.45) is 10.7 Å². The fourth-order valence-corrected chi connectivity index (χ4v) is 5.04. The zero-order valence-corrected chi connectivity index (χ0v) is 18.2. The maximum Gasteiger partial charge on any atom is 0.306 e. The Labute approximate surface area is 179 Å². The summed E-state index contributed by atoms with van der Waals surface area (Å²) in [4.78, 5) is 17.7. The molecule has 1 aliphatic rings. The smallest absolute Gasteiger partial charge is 0.306 e. The molecule has 0 fully saturated rings. The van der Waals surface area contributed by atoms with E-state index in [2.05, 4.69) is 48.3 Å². The number of nitrogens with zero attached hydrogens (tertiary/aromatic N) is 4. The molecule has 2 aromatic heterocycles. The number of rotatable bonds is 6. The van der Waals surface area contributed by atoms with Crippen molar-refractivity contribution in [1.29, 1.82) is 0 Å². The SMILES string of the molecule is Cc1sc2c(c1C)C(c1ccc(CCCN)cc1)=N[C@@H](CC(=O)O)c1nnc(C)n1-2. The first-order chi connectivity index (χ1) is 14.4. The Hall–Kier alpha value is -2.84. The molecule has 156 valence electrons. The van der Waals surface area contributed by atoms with Gasteiger partial charge in [-0.1, -0.05) is 24.3 Å². The van der Waals surface area contributed by atoms with Gasteiger partial charge in [-0.15, -0.1) is 21.5 Å².